The SMILES string of the molecule is C[C@@H](c1c(O)cc(Cl)cc1Cl)N1CCNCC1. The first-order valence-corrected chi connectivity index (χ1v) is 6.48. The van der Waals surface area contributed by atoms with E-state index >= 15 is 0 Å². The van der Waals surface area contributed by atoms with Gasteiger partial charge in [-0.1, -0.05) is 23.2 Å². The highest BCUT2D eigenvalue weighted by molar-refractivity contribution is 6.35. The molecule has 0 spiro atoms. The van der Waals surface area contributed by atoms with E-state index in [0.29, 0.717) is 10.0 Å². The normalized spacial score (nSPS) is 19.2. The number of nitrogens with one attached hydrogen (secondary N) is 1. The van der Waals surface area contributed by atoms with Gasteiger partial charge in [-0.3, -0.25) is 4.90 Å². The van der Waals surface area contributed by atoms with Gasteiger partial charge in [0.2, 0.25) is 0 Å². The van der Waals surface area contributed by atoms with E-state index in [1.165, 1.54) is 0 Å². The number of hydrogen-bond donors (Lipinski definition) is 2. The molecule has 2 N–H and O–H groups in total. The first-order valence-electron chi connectivity index (χ1n) is 5.72. The topological polar surface area (TPSA) is 35.5 Å². The minimum atomic E-state index is 0.0990. The van der Waals surface area contributed by atoms with Crippen molar-refractivity contribution in [3.63, 3.8) is 0 Å². The lowest BCUT2D eigenvalue weighted by Crippen LogP contribution is -2.44. The Bertz CT molecular complexity index is 382. The van der Waals surface area contributed by atoms with Gasteiger partial charge in [0.25, 0.3) is 0 Å². The minimum Gasteiger partial charge on any atom is -0.508 e. The fourth-order valence-corrected chi connectivity index (χ4v) is 2.88. The van der Waals surface area contributed by atoms with Gasteiger partial charge in [-0.05, 0) is 19.1 Å². The Hall–Kier alpha value is -0.480. The summed E-state index contributed by atoms with van der Waals surface area (Å²) >= 11 is 12.0. The van der Waals surface area contributed by atoms with Gasteiger partial charge in [0, 0.05) is 42.8 Å². The molecule has 0 saturated carbocycles. The number of halogens is 2. The third-order valence-corrected chi connectivity index (χ3v) is 3.72. The second-order valence-corrected chi connectivity index (χ2v) is 5.13. The molecular formula is C12H16Cl2N2O. The van der Waals surface area contributed by atoms with Gasteiger partial charge in [-0.2, -0.15) is 0 Å². The number of benzene rings is 1. The highest BCUT2D eigenvalue weighted by Crippen LogP contribution is 2.37. The maximum atomic E-state index is 9.96. The van der Waals surface area contributed by atoms with E-state index in [1.807, 2.05) is 0 Å². The summed E-state index contributed by atoms with van der Waals surface area (Å²) < 4.78 is 0. The third-order valence-electron chi connectivity index (χ3n) is 3.19. The Morgan fingerprint density at radius 1 is 1.29 bits per heavy atom. The van der Waals surface area contributed by atoms with E-state index in [1.54, 1.807) is 12.1 Å². The minimum absolute atomic E-state index is 0.0990. The van der Waals surface area contributed by atoms with Crippen molar-refractivity contribution in [2.45, 2.75) is 13.0 Å². The average Bonchev–Trinajstić information content (AvgIpc) is 2.28. The van der Waals surface area contributed by atoms with Crippen LogP contribution < -0.4 is 5.32 Å². The van der Waals surface area contributed by atoms with Crippen molar-refractivity contribution in [2.75, 3.05) is 26.2 Å². The summed E-state index contributed by atoms with van der Waals surface area (Å²) in [5.41, 5.74) is 0.762. The zero-order valence-corrected chi connectivity index (χ0v) is 11.2. The summed E-state index contributed by atoms with van der Waals surface area (Å²) in [6.07, 6.45) is 0. The molecule has 0 aromatic heterocycles. The molecule has 1 aliphatic rings. The summed E-state index contributed by atoms with van der Waals surface area (Å²) in [7, 11) is 0. The maximum Gasteiger partial charge on any atom is 0.123 e. The fourth-order valence-electron chi connectivity index (χ4n) is 2.24. The van der Waals surface area contributed by atoms with Crippen molar-refractivity contribution in [1.82, 2.24) is 10.2 Å². The Balaban J connectivity index is 2.26. The van der Waals surface area contributed by atoms with Crippen LogP contribution in [0.3, 0.4) is 0 Å². The lowest BCUT2D eigenvalue weighted by molar-refractivity contribution is 0.183. The van der Waals surface area contributed by atoms with E-state index in [9.17, 15) is 5.11 Å². The summed E-state index contributed by atoms with van der Waals surface area (Å²) in [6.45, 7) is 5.91. The van der Waals surface area contributed by atoms with Crippen LogP contribution in [0.25, 0.3) is 0 Å². The van der Waals surface area contributed by atoms with Crippen molar-refractivity contribution in [1.29, 1.82) is 0 Å². The fraction of sp³-hybridized carbons (Fsp3) is 0.500. The summed E-state index contributed by atoms with van der Waals surface area (Å²) in [5, 5.41) is 14.3. The molecule has 0 amide bonds. The molecular weight excluding hydrogens is 259 g/mol. The lowest BCUT2D eigenvalue weighted by Gasteiger charge is -2.33. The molecule has 1 atom stereocenters. The second kappa shape index (κ2) is 5.44. The van der Waals surface area contributed by atoms with Crippen LogP contribution in [0.4, 0.5) is 0 Å². The Morgan fingerprint density at radius 3 is 2.53 bits per heavy atom. The van der Waals surface area contributed by atoms with Crippen molar-refractivity contribution in [3.8, 4) is 5.75 Å². The van der Waals surface area contributed by atoms with E-state index in [2.05, 4.69) is 17.1 Å². The average molecular weight is 275 g/mol. The zero-order valence-electron chi connectivity index (χ0n) is 9.71. The number of hydrogen-bond acceptors (Lipinski definition) is 3. The molecule has 1 aromatic carbocycles. The van der Waals surface area contributed by atoms with E-state index in [0.717, 1.165) is 31.7 Å². The predicted octanol–water partition coefficient (Wildman–Crippen LogP) is 2.67. The molecule has 2 rings (SSSR count). The summed E-state index contributed by atoms with van der Waals surface area (Å²) in [4.78, 5) is 2.30. The Morgan fingerprint density at radius 2 is 1.94 bits per heavy atom. The molecule has 1 heterocycles. The maximum absolute atomic E-state index is 9.96. The van der Waals surface area contributed by atoms with Gasteiger partial charge in [0.1, 0.15) is 5.75 Å². The first kappa shape index (κ1) is 13.0. The first-order chi connectivity index (χ1) is 8.09. The lowest BCUT2D eigenvalue weighted by atomic mass is 10.0. The highest BCUT2D eigenvalue weighted by Gasteiger charge is 2.22. The second-order valence-electron chi connectivity index (χ2n) is 4.28. The van der Waals surface area contributed by atoms with Crippen molar-refractivity contribution >= 4 is 23.2 Å². The molecule has 1 aliphatic heterocycles. The highest BCUT2D eigenvalue weighted by atomic mass is 35.5. The van der Waals surface area contributed by atoms with Crippen LogP contribution in [0.2, 0.25) is 10.0 Å². The van der Waals surface area contributed by atoms with E-state index in [4.69, 9.17) is 23.2 Å². The zero-order chi connectivity index (χ0) is 12.4. The molecule has 0 radical (unpaired) electrons. The van der Waals surface area contributed by atoms with Crippen LogP contribution in [0.1, 0.15) is 18.5 Å². The number of phenols is 1. The number of aromatic hydroxyl groups is 1. The monoisotopic (exact) mass is 274 g/mol. The largest absolute Gasteiger partial charge is 0.508 e. The summed E-state index contributed by atoms with van der Waals surface area (Å²) in [6, 6.07) is 3.32. The number of rotatable bonds is 2. The van der Waals surface area contributed by atoms with Gasteiger partial charge in [0.05, 0.1) is 5.02 Å². The molecule has 0 aliphatic carbocycles. The molecule has 5 heteroatoms. The van der Waals surface area contributed by atoms with Gasteiger partial charge in [-0.25, -0.2) is 0 Å². The predicted molar refractivity (Wildman–Crippen MR) is 71.0 cm³/mol. The molecule has 0 unspecified atom stereocenters. The van der Waals surface area contributed by atoms with Crippen LogP contribution >= 0.6 is 23.2 Å². The molecule has 94 valence electrons. The Kier molecular flexibility index (Phi) is 4.15. The number of nitrogens with zero attached hydrogens (tertiary/aromatic N) is 1. The third kappa shape index (κ3) is 2.86. The van der Waals surface area contributed by atoms with Gasteiger partial charge >= 0.3 is 0 Å². The molecule has 1 aromatic rings. The Labute approximate surface area is 111 Å². The van der Waals surface area contributed by atoms with Gasteiger partial charge in [-0.15, -0.1) is 0 Å². The number of piperazine rings is 1. The van der Waals surface area contributed by atoms with Crippen LogP contribution in [0.5, 0.6) is 5.75 Å². The quantitative estimate of drug-likeness (QED) is 0.871. The van der Waals surface area contributed by atoms with Crippen molar-refractivity contribution in [2.24, 2.45) is 0 Å². The smallest absolute Gasteiger partial charge is 0.123 e. The number of phenolic OH excluding ortho intramolecular Hbond substituents is 1. The van der Waals surface area contributed by atoms with Crippen LogP contribution in [-0.2, 0) is 0 Å². The molecule has 0 bridgehead atoms. The molecule has 1 saturated heterocycles. The van der Waals surface area contributed by atoms with Gasteiger partial charge in [0.15, 0.2) is 0 Å². The molecule has 17 heavy (non-hydrogen) atoms. The van der Waals surface area contributed by atoms with E-state index < -0.39 is 0 Å². The molecule has 3 nitrogen and oxygen atoms in total. The van der Waals surface area contributed by atoms with Gasteiger partial charge < -0.3 is 10.4 Å². The van der Waals surface area contributed by atoms with Crippen LogP contribution in [0.15, 0.2) is 12.1 Å². The van der Waals surface area contributed by atoms with Crippen molar-refractivity contribution in [3.05, 3.63) is 27.7 Å². The standard InChI is InChI=1S/C12H16Cl2N2O/c1-8(16-4-2-15-3-5-16)12-10(14)6-9(13)7-11(12)17/h6-8,15,17H,2-5H2,1H3/t8-/m0/s1. The van der Waals surface area contributed by atoms with Crippen LogP contribution in [0, 0.1) is 0 Å². The molecule has 1 fully saturated rings. The summed E-state index contributed by atoms with van der Waals surface area (Å²) in [5.74, 6) is 0.175. The van der Waals surface area contributed by atoms with Crippen molar-refractivity contribution < 1.29 is 5.11 Å². The van der Waals surface area contributed by atoms with E-state index in [-0.39, 0.29) is 11.8 Å². The van der Waals surface area contributed by atoms with Crippen LogP contribution in [-0.4, -0.2) is 36.2 Å².